The van der Waals surface area contributed by atoms with Gasteiger partial charge in [0, 0.05) is 37.6 Å². The Labute approximate surface area is 162 Å². The molecule has 26 heavy (non-hydrogen) atoms. The predicted molar refractivity (Wildman–Crippen MR) is 100 cm³/mol. The van der Waals surface area contributed by atoms with Crippen molar-refractivity contribution in [2.45, 2.75) is 25.5 Å². The number of piperidine rings is 1. The summed E-state index contributed by atoms with van der Waals surface area (Å²) in [5, 5.41) is 21.4. The molecule has 5 nitrogen and oxygen atoms in total. The number of pyridine rings is 1. The molecule has 7 heteroatoms. The van der Waals surface area contributed by atoms with Gasteiger partial charge < -0.3 is 10.2 Å². The van der Waals surface area contributed by atoms with Crippen molar-refractivity contribution >= 4 is 29.2 Å². The van der Waals surface area contributed by atoms with E-state index >= 15 is 0 Å². The van der Waals surface area contributed by atoms with Gasteiger partial charge in [0.05, 0.1) is 16.1 Å². The zero-order chi connectivity index (χ0) is 18.7. The van der Waals surface area contributed by atoms with Gasteiger partial charge in [-0.3, -0.25) is 14.7 Å². The van der Waals surface area contributed by atoms with Gasteiger partial charge in [-0.2, -0.15) is 0 Å². The fourth-order valence-electron chi connectivity index (χ4n) is 3.53. The third-order valence-electron chi connectivity index (χ3n) is 4.98. The minimum atomic E-state index is -1.27. The van der Waals surface area contributed by atoms with Gasteiger partial charge in [-0.1, -0.05) is 53.5 Å². The van der Waals surface area contributed by atoms with Gasteiger partial charge in [-0.05, 0) is 18.4 Å². The second kappa shape index (κ2) is 7.92. The van der Waals surface area contributed by atoms with Crippen LogP contribution in [-0.4, -0.2) is 45.3 Å². The van der Waals surface area contributed by atoms with Crippen molar-refractivity contribution in [1.82, 2.24) is 9.88 Å². The Morgan fingerprint density at radius 3 is 2.50 bits per heavy atom. The third kappa shape index (κ3) is 3.86. The van der Waals surface area contributed by atoms with E-state index in [9.17, 15) is 15.0 Å². The summed E-state index contributed by atoms with van der Waals surface area (Å²) in [4.78, 5) is 18.1. The average Bonchev–Trinajstić information content (AvgIpc) is 2.61. The number of aliphatic hydroxyl groups excluding tert-OH is 1. The lowest BCUT2D eigenvalue weighted by Crippen LogP contribution is -2.56. The van der Waals surface area contributed by atoms with E-state index in [1.54, 1.807) is 0 Å². The molecule has 2 aromatic rings. The lowest BCUT2D eigenvalue weighted by atomic mass is 9.72. The Bertz CT molecular complexity index is 767. The SMILES string of the molecule is O=C(O)[C@]1(Cc2ccccc2)CN(Cc2c(Cl)cncc2Cl)CC[C@@H]1O. The second-order valence-electron chi connectivity index (χ2n) is 6.72. The summed E-state index contributed by atoms with van der Waals surface area (Å²) in [6, 6.07) is 9.39. The molecule has 0 saturated carbocycles. The van der Waals surface area contributed by atoms with E-state index in [1.807, 2.05) is 35.2 Å². The van der Waals surface area contributed by atoms with Crippen molar-refractivity contribution < 1.29 is 15.0 Å². The van der Waals surface area contributed by atoms with Crippen LogP contribution in [0.1, 0.15) is 17.5 Å². The number of nitrogens with zero attached hydrogens (tertiary/aromatic N) is 2. The van der Waals surface area contributed by atoms with Crippen LogP contribution >= 0.6 is 23.2 Å². The number of aliphatic hydroxyl groups is 1. The normalized spacial score (nSPS) is 23.7. The highest BCUT2D eigenvalue weighted by Gasteiger charge is 2.49. The summed E-state index contributed by atoms with van der Waals surface area (Å²) in [7, 11) is 0. The first-order chi connectivity index (χ1) is 12.4. The molecule has 0 radical (unpaired) electrons. The van der Waals surface area contributed by atoms with Crippen molar-refractivity contribution in [3.63, 3.8) is 0 Å². The molecule has 0 unspecified atom stereocenters. The van der Waals surface area contributed by atoms with Gasteiger partial charge in [0.1, 0.15) is 5.41 Å². The number of halogens is 2. The highest BCUT2D eigenvalue weighted by Crippen LogP contribution is 2.36. The molecule has 1 aliphatic rings. The van der Waals surface area contributed by atoms with Crippen molar-refractivity contribution in [3.8, 4) is 0 Å². The smallest absolute Gasteiger partial charge is 0.313 e. The van der Waals surface area contributed by atoms with Gasteiger partial charge in [0.25, 0.3) is 0 Å². The van der Waals surface area contributed by atoms with Crippen LogP contribution in [0.15, 0.2) is 42.7 Å². The number of likely N-dealkylation sites (tertiary alicyclic amines) is 1. The predicted octanol–water partition coefficient (Wildman–Crippen LogP) is 3.27. The lowest BCUT2D eigenvalue weighted by Gasteiger charge is -2.43. The molecule has 1 saturated heterocycles. The molecule has 0 aliphatic carbocycles. The largest absolute Gasteiger partial charge is 0.481 e. The summed E-state index contributed by atoms with van der Waals surface area (Å²) in [5.41, 5.74) is 0.334. The van der Waals surface area contributed by atoms with E-state index in [1.165, 1.54) is 12.4 Å². The van der Waals surface area contributed by atoms with Crippen LogP contribution in [0.2, 0.25) is 10.0 Å². The molecule has 1 aromatic heterocycles. The zero-order valence-corrected chi connectivity index (χ0v) is 15.6. The molecule has 2 heterocycles. The third-order valence-corrected chi connectivity index (χ3v) is 5.64. The minimum Gasteiger partial charge on any atom is -0.481 e. The Morgan fingerprint density at radius 1 is 1.23 bits per heavy atom. The lowest BCUT2D eigenvalue weighted by molar-refractivity contribution is -0.163. The highest BCUT2D eigenvalue weighted by molar-refractivity contribution is 6.35. The fourth-order valence-corrected chi connectivity index (χ4v) is 4.02. The van der Waals surface area contributed by atoms with Gasteiger partial charge in [-0.15, -0.1) is 0 Å². The van der Waals surface area contributed by atoms with E-state index in [0.29, 0.717) is 29.6 Å². The maximum atomic E-state index is 12.2. The Morgan fingerprint density at radius 2 is 1.88 bits per heavy atom. The molecule has 138 valence electrons. The number of carboxylic acid groups (broad SMARTS) is 1. The first-order valence-corrected chi connectivity index (χ1v) is 9.13. The van der Waals surface area contributed by atoms with Crippen molar-refractivity contribution in [3.05, 3.63) is 63.9 Å². The van der Waals surface area contributed by atoms with Gasteiger partial charge in [0.15, 0.2) is 0 Å². The van der Waals surface area contributed by atoms with E-state index in [4.69, 9.17) is 23.2 Å². The zero-order valence-electron chi connectivity index (χ0n) is 14.1. The van der Waals surface area contributed by atoms with Gasteiger partial charge in [-0.25, -0.2) is 0 Å². The summed E-state index contributed by atoms with van der Waals surface area (Å²) >= 11 is 12.4. The standard InChI is InChI=1S/C19H20Cl2N2O3/c20-15-9-22-10-16(21)14(15)11-23-7-6-17(24)19(12-23,18(25)26)8-13-4-2-1-3-5-13/h1-5,9-10,17,24H,6-8,11-12H2,(H,25,26)/t17-,19+/m0/s1. The summed E-state index contributed by atoms with van der Waals surface area (Å²) < 4.78 is 0. The molecule has 1 aliphatic heterocycles. The van der Waals surface area contributed by atoms with Crippen LogP contribution in [0.4, 0.5) is 0 Å². The molecule has 1 fully saturated rings. The number of hydrogen-bond donors (Lipinski definition) is 2. The first-order valence-electron chi connectivity index (χ1n) is 8.38. The van der Waals surface area contributed by atoms with Crippen LogP contribution < -0.4 is 0 Å². The van der Waals surface area contributed by atoms with Crippen LogP contribution in [-0.2, 0) is 17.8 Å². The molecular formula is C19H20Cl2N2O3. The molecule has 1 aromatic carbocycles. The van der Waals surface area contributed by atoms with E-state index in [2.05, 4.69) is 4.98 Å². The Balaban J connectivity index is 1.86. The number of aliphatic carboxylic acids is 1. The first kappa shape index (κ1) is 19.1. The van der Waals surface area contributed by atoms with Crippen LogP contribution in [0, 0.1) is 5.41 Å². The summed E-state index contributed by atoms with van der Waals surface area (Å²) in [6.07, 6.45) is 2.77. The van der Waals surface area contributed by atoms with Crippen molar-refractivity contribution in [1.29, 1.82) is 0 Å². The fraction of sp³-hybridized carbons (Fsp3) is 0.368. The number of aromatic nitrogens is 1. The van der Waals surface area contributed by atoms with Gasteiger partial charge in [0.2, 0.25) is 0 Å². The van der Waals surface area contributed by atoms with E-state index in [0.717, 1.165) is 11.1 Å². The summed E-state index contributed by atoms with van der Waals surface area (Å²) in [6.45, 7) is 1.20. The second-order valence-corrected chi connectivity index (χ2v) is 7.53. The van der Waals surface area contributed by atoms with Crippen LogP contribution in [0.3, 0.4) is 0 Å². The monoisotopic (exact) mass is 394 g/mol. The molecule has 3 rings (SSSR count). The molecule has 0 amide bonds. The van der Waals surface area contributed by atoms with E-state index in [-0.39, 0.29) is 13.0 Å². The number of carboxylic acids is 1. The number of rotatable bonds is 5. The molecule has 0 spiro atoms. The molecular weight excluding hydrogens is 375 g/mol. The quantitative estimate of drug-likeness (QED) is 0.813. The van der Waals surface area contributed by atoms with E-state index < -0.39 is 17.5 Å². The van der Waals surface area contributed by atoms with Gasteiger partial charge >= 0.3 is 5.97 Å². The Kier molecular flexibility index (Phi) is 5.82. The minimum absolute atomic E-state index is 0.216. The molecule has 2 atom stereocenters. The average molecular weight is 395 g/mol. The molecule has 2 N–H and O–H groups in total. The number of hydrogen-bond acceptors (Lipinski definition) is 4. The Hall–Kier alpha value is -1.66. The van der Waals surface area contributed by atoms with Crippen molar-refractivity contribution in [2.24, 2.45) is 5.41 Å². The number of carbonyl (C=O) groups is 1. The maximum absolute atomic E-state index is 12.2. The highest BCUT2D eigenvalue weighted by atomic mass is 35.5. The van der Waals surface area contributed by atoms with Crippen LogP contribution in [0.25, 0.3) is 0 Å². The molecule has 0 bridgehead atoms. The topological polar surface area (TPSA) is 73.7 Å². The number of benzene rings is 1. The van der Waals surface area contributed by atoms with Crippen LogP contribution in [0.5, 0.6) is 0 Å². The summed E-state index contributed by atoms with van der Waals surface area (Å²) in [5.74, 6) is -0.995. The maximum Gasteiger partial charge on any atom is 0.313 e. The van der Waals surface area contributed by atoms with Crippen molar-refractivity contribution in [2.75, 3.05) is 13.1 Å².